The number of alkyl halides is 2. The molecule has 1 nitrogen and oxygen atoms in total. The molecule has 0 atom stereocenters. The van der Waals surface area contributed by atoms with Crippen LogP contribution >= 0.6 is 112 Å². The van der Waals surface area contributed by atoms with Gasteiger partial charge in [-0.15, -0.1) is 88.6 Å². The predicted molar refractivity (Wildman–Crippen MR) is 85.4 cm³/mol. The first-order valence-electron chi connectivity index (χ1n) is 3.30. The van der Waals surface area contributed by atoms with Crippen molar-refractivity contribution >= 4 is 136 Å². The van der Waals surface area contributed by atoms with Crippen LogP contribution in [0.3, 0.4) is 0 Å². The summed E-state index contributed by atoms with van der Waals surface area (Å²) in [5.74, 6) is 0. The highest BCUT2D eigenvalue weighted by molar-refractivity contribution is 8.27. The van der Waals surface area contributed by atoms with E-state index in [1.54, 1.807) is 0 Å². The average Bonchev–Trinajstić information content (AvgIpc) is 1.98. The molecule has 1 aliphatic heterocycles. The van der Waals surface area contributed by atoms with Gasteiger partial charge in [0.1, 0.15) is 0 Å². The van der Waals surface area contributed by atoms with Crippen LogP contribution in [-0.2, 0) is 4.43 Å². The molecule has 0 unspecified atom stereocenters. The maximum Gasteiger partial charge on any atom is 0.406 e. The number of hydrogen-bond donors (Lipinski definition) is 0. The fourth-order valence-electron chi connectivity index (χ4n) is 0.852. The minimum atomic E-state index is -3.68. The van der Waals surface area contributed by atoms with Crippen molar-refractivity contribution in [2.45, 2.75) is 4.14 Å². The molecule has 1 fully saturated rings. The highest BCUT2D eigenvalue weighted by atomic mass is 35.8. The number of halogens is 10. The Morgan fingerprint density at radius 1 is 0.688 bits per heavy atom. The Hall–Kier alpha value is 3.73. The summed E-state index contributed by atoms with van der Waals surface area (Å²) in [5.41, 5.74) is -7.20. The molecule has 1 saturated heterocycles. The van der Waals surface area contributed by atoms with Crippen LogP contribution in [0.25, 0.3) is 0 Å². The Morgan fingerprint density at radius 3 is 1.44 bits per heavy atom. The third kappa shape index (κ3) is 2.37. The molecule has 1 rings (SSSR count). The smallest absolute Gasteiger partial charge is 0.362 e. The molecule has 0 aromatic carbocycles. The fourth-order valence-corrected chi connectivity index (χ4v) is 88.4. The first-order chi connectivity index (χ1) is 6.71. The lowest BCUT2D eigenvalue weighted by Crippen LogP contribution is -2.82. The van der Waals surface area contributed by atoms with Crippen LogP contribution in [0.15, 0.2) is 0 Å². The Balaban J connectivity index is 3.43. The quantitative estimate of drug-likeness (QED) is 0.259. The normalized spacial score (nSPS) is 33.4. The molecule has 0 aromatic heterocycles. The van der Waals surface area contributed by atoms with E-state index in [-0.39, 0.29) is 0 Å². The zero-order valence-electron chi connectivity index (χ0n) is 6.69. The van der Waals surface area contributed by atoms with Crippen LogP contribution in [0.2, 0.25) is 0 Å². The molecule has 0 radical (unpaired) electrons. The van der Waals surface area contributed by atoms with E-state index in [1.807, 2.05) is 0 Å². The molecular formula is CCl10OSi4. The minimum absolute atomic E-state index is 2.03. The highest BCUT2D eigenvalue weighted by Gasteiger charge is 2.87. The first-order valence-corrected chi connectivity index (χ1v) is 23.1. The Kier molecular flexibility index (Phi) is 5.42. The van der Waals surface area contributed by atoms with Crippen LogP contribution in [0, 0.1) is 0 Å². The minimum Gasteiger partial charge on any atom is -0.362 e. The van der Waals surface area contributed by atoms with Gasteiger partial charge >= 0.3 is 24.1 Å². The van der Waals surface area contributed by atoms with Crippen molar-refractivity contribution in [1.82, 2.24) is 0 Å². The van der Waals surface area contributed by atoms with Crippen LogP contribution in [0.1, 0.15) is 0 Å². The van der Waals surface area contributed by atoms with Crippen molar-refractivity contribution < 1.29 is 4.43 Å². The van der Waals surface area contributed by atoms with E-state index in [2.05, 4.69) is 0 Å². The third-order valence-electron chi connectivity index (χ3n) is 1.78. The topological polar surface area (TPSA) is 9.23 Å². The lowest BCUT2D eigenvalue weighted by Gasteiger charge is -2.50. The second-order valence-electron chi connectivity index (χ2n) is 2.86. The van der Waals surface area contributed by atoms with E-state index < -0.39 is 28.3 Å². The fraction of sp³-hybridized carbons (Fsp3) is 1.00. The van der Waals surface area contributed by atoms with Gasteiger partial charge in [-0.2, -0.15) is 0 Å². The zero-order chi connectivity index (χ0) is 13.2. The highest BCUT2D eigenvalue weighted by Crippen LogP contribution is 2.62. The second-order valence-corrected chi connectivity index (χ2v) is 53.6. The van der Waals surface area contributed by atoms with Crippen molar-refractivity contribution in [2.24, 2.45) is 0 Å². The summed E-state index contributed by atoms with van der Waals surface area (Å²) < 4.78 is 3.06. The van der Waals surface area contributed by atoms with Crippen molar-refractivity contribution in [3.05, 3.63) is 0 Å². The average molecular weight is 495 g/mol. The molecular weight excluding hydrogens is 495 g/mol. The van der Waals surface area contributed by atoms with Crippen LogP contribution in [0.4, 0.5) is 0 Å². The summed E-state index contributed by atoms with van der Waals surface area (Å²) in [6, 6.07) is 0. The molecule has 15 heteroatoms. The predicted octanol–water partition coefficient (Wildman–Crippen LogP) is 5.10. The van der Waals surface area contributed by atoms with E-state index >= 15 is 0 Å². The molecule has 1 aliphatic rings. The molecule has 0 aliphatic carbocycles. The second kappa shape index (κ2) is 4.88. The molecule has 0 amide bonds. The van der Waals surface area contributed by atoms with E-state index in [4.69, 9.17) is 116 Å². The van der Waals surface area contributed by atoms with Crippen LogP contribution in [0.5, 0.6) is 0 Å². The Morgan fingerprint density at radius 2 is 1.06 bits per heavy atom. The molecule has 0 aromatic rings. The largest absolute Gasteiger partial charge is 0.406 e. The first kappa shape index (κ1) is 17.8. The number of rotatable bonds is 0. The van der Waals surface area contributed by atoms with E-state index in [0.29, 0.717) is 0 Å². The van der Waals surface area contributed by atoms with Crippen molar-refractivity contribution in [2.75, 3.05) is 0 Å². The molecule has 0 N–H and O–H groups in total. The van der Waals surface area contributed by atoms with Gasteiger partial charge in [0.15, 0.2) is 0 Å². The lowest BCUT2D eigenvalue weighted by atomic mass is 11.6. The van der Waals surface area contributed by atoms with Gasteiger partial charge in [0.25, 0.3) is 0 Å². The standard InChI is InChI=1S/CCl10OSi4/c2-1(3)12-14(6,7)16(10,11)15(8,9)13(1,4)5. The van der Waals surface area contributed by atoms with Gasteiger partial charge in [-0.25, -0.2) is 0 Å². The molecule has 0 saturated carbocycles. The summed E-state index contributed by atoms with van der Waals surface area (Å²) >= 11 is 60.1. The van der Waals surface area contributed by atoms with Gasteiger partial charge in [-0.3, -0.25) is 0 Å². The van der Waals surface area contributed by atoms with E-state index in [0.717, 1.165) is 0 Å². The summed E-state index contributed by atoms with van der Waals surface area (Å²) in [6.45, 7) is -3.66. The van der Waals surface area contributed by atoms with Crippen LogP contribution < -0.4 is 0 Å². The van der Waals surface area contributed by atoms with E-state index in [1.165, 1.54) is 0 Å². The maximum atomic E-state index is 6.14. The van der Waals surface area contributed by atoms with E-state index in [9.17, 15) is 0 Å². The molecule has 16 heavy (non-hydrogen) atoms. The Bertz CT molecular complexity index is 282. The van der Waals surface area contributed by atoms with Crippen molar-refractivity contribution in [1.29, 1.82) is 0 Å². The maximum absolute atomic E-state index is 6.14. The third-order valence-corrected chi connectivity index (χ3v) is 88.0. The summed E-state index contributed by atoms with van der Waals surface area (Å²) in [5, 5.41) is 0. The number of hydrogen-bond acceptors (Lipinski definition) is 1. The van der Waals surface area contributed by atoms with Gasteiger partial charge in [-0.05, 0) is 0 Å². The monoisotopic (exact) mass is 490 g/mol. The molecule has 96 valence electrons. The molecule has 0 spiro atoms. The summed E-state index contributed by atoms with van der Waals surface area (Å²) in [7, 11) is 0. The van der Waals surface area contributed by atoms with Crippen molar-refractivity contribution in [3.63, 3.8) is 0 Å². The summed E-state index contributed by atoms with van der Waals surface area (Å²) in [4.78, 5) is 0. The summed E-state index contributed by atoms with van der Waals surface area (Å²) in [6.07, 6.45) is -3.68. The van der Waals surface area contributed by atoms with Gasteiger partial charge in [0.05, 0.1) is 0 Å². The van der Waals surface area contributed by atoms with Crippen molar-refractivity contribution in [3.8, 4) is 0 Å². The van der Waals surface area contributed by atoms with Gasteiger partial charge in [0, 0.05) is 0 Å². The molecule has 0 bridgehead atoms. The van der Waals surface area contributed by atoms with Gasteiger partial charge in [0.2, 0.25) is 4.14 Å². The lowest BCUT2D eigenvalue weighted by molar-refractivity contribution is 0.332. The Labute approximate surface area is 143 Å². The van der Waals surface area contributed by atoms with Gasteiger partial charge in [-0.1, -0.05) is 23.2 Å². The molecule has 1 heterocycles. The zero-order valence-corrected chi connectivity index (χ0v) is 18.2. The van der Waals surface area contributed by atoms with Crippen LogP contribution in [-0.4, -0.2) is 28.3 Å². The SMILES string of the molecule is ClC1(Cl)O[Si](Cl)(Cl)[Si](Cl)(Cl)[Si](Cl)(Cl)[Si]1(Cl)Cl. The van der Waals surface area contributed by atoms with Gasteiger partial charge < -0.3 is 4.43 Å².